The highest BCUT2D eigenvalue weighted by Crippen LogP contribution is 2.28. The minimum absolute atomic E-state index is 0.409. The Balaban J connectivity index is 2.35. The van der Waals surface area contributed by atoms with Gasteiger partial charge in [0.1, 0.15) is 5.01 Å². The molecule has 0 saturated heterocycles. The number of hydrogen-bond acceptors (Lipinski definition) is 3. The fraction of sp³-hybridized carbons (Fsp3) is 0.167. The fourth-order valence-electron chi connectivity index (χ4n) is 1.37. The summed E-state index contributed by atoms with van der Waals surface area (Å²) in [5.41, 5.74) is 0.843. The second-order valence-electron chi connectivity index (χ2n) is 3.77. The van der Waals surface area contributed by atoms with Gasteiger partial charge in [-0.05, 0) is 25.1 Å². The molecule has 1 atom stereocenters. The molecule has 0 amide bonds. The summed E-state index contributed by atoms with van der Waals surface area (Å²) in [6.45, 7) is 1.52. The maximum atomic E-state index is 13.1. The molecule has 2 rings (SSSR count). The molecule has 0 aliphatic carbocycles. The third-order valence-corrected chi connectivity index (χ3v) is 3.41. The number of nitrogens with zero attached hydrogens (tertiary/aromatic N) is 1. The Labute approximate surface area is 106 Å². The number of carbonyl (C=O) groups is 1. The normalized spacial score (nSPS) is 12.4. The average Bonchev–Trinajstić information content (AvgIpc) is 2.81. The smallest absolute Gasteiger partial charge is 0.312 e. The Morgan fingerprint density at radius 3 is 2.72 bits per heavy atom. The Morgan fingerprint density at radius 1 is 1.39 bits per heavy atom. The molecule has 94 valence electrons. The van der Waals surface area contributed by atoms with Crippen LogP contribution in [0.2, 0.25) is 0 Å². The standard InChI is InChI=1S/C12H9F2NO2S/c1-6(12(16)17)10-5-18-11(15-10)7-2-3-8(13)9(14)4-7/h2-6H,1H3,(H,16,17). The molecular formula is C12H9F2NO2S. The van der Waals surface area contributed by atoms with E-state index in [1.165, 1.54) is 24.3 Å². The first-order valence-corrected chi connectivity index (χ1v) is 6.00. The van der Waals surface area contributed by atoms with Gasteiger partial charge in [0, 0.05) is 10.9 Å². The lowest BCUT2D eigenvalue weighted by molar-refractivity contribution is -0.138. The van der Waals surface area contributed by atoms with Crippen molar-refractivity contribution in [2.75, 3.05) is 0 Å². The number of thiazole rings is 1. The summed E-state index contributed by atoms with van der Waals surface area (Å²) in [6.07, 6.45) is 0. The number of hydrogen-bond donors (Lipinski definition) is 1. The number of aliphatic carboxylic acids is 1. The number of benzene rings is 1. The molecule has 0 fully saturated rings. The molecule has 1 heterocycles. The van der Waals surface area contributed by atoms with Crippen LogP contribution < -0.4 is 0 Å². The number of carboxylic acid groups (broad SMARTS) is 1. The number of aromatic nitrogens is 1. The molecule has 0 spiro atoms. The van der Waals surface area contributed by atoms with Crippen LogP contribution in [-0.4, -0.2) is 16.1 Å². The van der Waals surface area contributed by atoms with Gasteiger partial charge in [-0.1, -0.05) is 0 Å². The van der Waals surface area contributed by atoms with Gasteiger partial charge < -0.3 is 5.11 Å². The van der Waals surface area contributed by atoms with Gasteiger partial charge in [-0.3, -0.25) is 4.79 Å². The molecule has 6 heteroatoms. The van der Waals surface area contributed by atoms with Gasteiger partial charge >= 0.3 is 5.97 Å². The van der Waals surface area contributed by atoms with Crippen LogP contribution in [0.4, 0.5) is 8.78 Å². The van der Waals surface area contributed by atoms with Crippen molar-refractivity contribution in [1.29, 1.82) is 0 Å². The van der Waals surface area contributed by atoms with Gasteiger partial charge in [-0.2, -0.15) is 0 Å². The first kappa shape index (κ1) is 12.6. The van der Waals surface area contributed by atoms with E-state index in [9.17, 15) is 13.6 Å². The Hall–Kier alpha value is -1.82. The highest BCUT2D eigenvalue weighted by atomic mass is 32.1. The van der Waals surface area contributed by atoms with Crippen molar-refractivity contribution in [2.45, 2.75) is 12.8 Å². The van der Waals surface area contributed by atoms with Crippen molar-refractivity contribution in [2.24, 2.45) is 0 Å². The SMILES string of the molecule is CC(C(=O)O)c1csc(-c2ccc(F)c(F)c2)n1. The molecule has 0 saturated carbocycles. The molecule has 0 aliphatic rings. The lowest BCUT2D eigenvalue weighted by Crippen LogP contribution is -2.07. The van der Waals surface area contributed by atoms with Gasteiger partial charge in [0.15, 0.2) is 11.6 Å². The van der Waals surface area contributed by atoms with Gasteiger partial charge in [0.25, 0.3) is 0 Å². The van der Waals surface area contributed by atoms with Gasteiger partial charge in [-0.25, -0.2) is 13.8 Å². The van der Waals surface area contributed by atoms with Gasteiger partial charge in [0.05, 0.1) is 11.6 Å². The molecule has 1 N–H and O–H groups in total. The molecule has 0 radical (unpaired) electrons. The molecule has 1 aromatic heterocycles. The minimum Gasteiger partial charge on any atom is -0.481 e. The molecule has 1 unspecified atom stereocenters. The summed E-state index contributed by atoms with van der Waals surface area (Å²) < 4.78 is 25.9. The van der Waals surface area contributed by atoms with E-state index in [2.05, 4.69) is 4.98 Å². The molecule has 2 aromatic rings. The molecule has 0 bridgehead atoms. The Morgan fingerprint density at radius 2 is 2.11 bits per heavy atom. The summed E-state index contributed by atoms with van der Waals surface area (Å²) in [6, 6.07) is 3.47. The Bertz CT molecular complexity index is 598. The summed E-state index contributed by atoms with van der Waals surface area (Å²) in [5.74, 6) is -3.57. The fourth-order valence-corrected chi connectivity index (χ4v) is 2.28. The Kier molecular flexibility index (Phi) is 3.38. The predicted octanol–water partition coefficient (Wildman–Crippen LogP) is 3.28. The van der Waals surface area contributed by atoms with E-state index in [4.69, 9.17) is 5.11 Å². The number of carboxylic acids is 1. The van der Waals surface area contributed by atoms with Crippen LogP contribution in [0.5, 0.6) is 0 Å². The quantitative estimate of drug-likeness (QED) is 0.930. The molecule has 1 aromatic carbocycles. The van der Waals surface area contributed by atoms with E-state index >= 15 is 0 Å². The third-order valence-electron chi connectivity index (χ3n) is 2.50. The van der Waals surface area contributed by atoms with E-state index in [1.54, 1.807) is 5.38 Å². The number of rotatable bonds is 3. The van der Waals surface area contributed by atoms with E-state index in [0.717, 1.165) is 12.1 Å². The summed E-state index contributed by atoms with van der Waals surface area (Å²) >= 11 is 1.20. The highest BCUT2D eigenvalue weighted by molar-refractivity contribution is 7.13. The minimum atomic E-state index is -0.975. The topological polar surface area (TPSA) is 50.2 Å². The van der Waals surface area contributed by atoms with Crippen LogP contribution in [0, 0.1) is 11.6 Å². The first-order chi connectivity index (χ1) is 8.49. The van der Waals surface area contributed by atoms with Crippen LogP contribution in [0.1, 0.15) is 18.5 Å². The lowest BCUT2D eigenvalue weighted by Gasteiger charge is -2.01. The highest BCUT2D eigenvalue weighted by Gasteiger charge is 2.17. The number of halogens is 2. The van der Waals surface area contributed by atoms with Gasteiger partial charge in [0.2, 0.25) is 0 Å². The molecule has 18 heavy (non-hydrogen) atoms. The monoisotopic (exact) mass is 269 g/mol. The van der Waals surface area contributed by atoms with Crippen molar-refractivity contribution >= 4 is 17.3 Å². The second-order valence-corrected chi connectivity index (χ2v) is 4.62. The van der Waals surface area contributed by atoms with Crippen LogP contribution >= 0.6 is 11.3 Å². The van der Waals surface area contributed by atoms with Crippen LogP contribution in [0.15, 0.2) is 23.6 Å². The van der Waals surface area contributed by atoms with Crippen LogP contribution in [-0.2, 0) is 4.79 Å². The van der Waals surface area contributed by atoms with Crippen LogP contribution in [0.25, 0.3) is 10.6 Å². The van der Waals surface area contributed by atoms with Gasteiger partial charge in [-0.15, -0.1) is 11.3 Å². The summed E-state index contributed by atoms with van der Waals surface area (Å²) in [5, 5.41) is 10.9. The second kappa shape index (κ2) is 4.81. The third kappa shape index (κ3) is 2.38. The van der Waals surface area contributed by atoms with Crippen LogP contribution in [0.3, 0.4) is 0 Å². The lowest BCUT2D eigenvalue weighted by atomic mass is 10.1. The zero-order chi connectivity index (χ0) is 13.3. The van der Waals surface area contributed by atoms with E-state index in [0.29, 0.717) is 16.3 Å². The van der Waals surface area contributed by atoms with Crippen molar-refractivity contribution in [3.05, 3.63) is 40.9 Å². The maximum absolute atomic E-state index is 13.1. The van der Waals surface area contributed by atoms with E-state index in [-0.39, 0.29) is 0 Å². The molecular weight excluding hydrogens is 260 g/mol. The first-order valence-electron chi connectivity index (χ1n) is 5.12. The summed E-state index contributed by atoms with van der Waals surface area (Å²) in [7, 11) is 0. The largest absolute Gasteiger partial charge is 0.481 e. The van der Waals surface area contributed by atoms with Crippen molar-refractivity contribution in [3.63, 3.8) is 0 Å². The van der Waals surface area contributed by atoms with Crippen molar-refractivity contribution in [3.8, 4) is 10.6 Å². The maximum Gasteiger partial charge on any atom is 0.312 e. The molecule has 3 nitrogen and oxygen atoms in total. The average molecular weight is 269 g/mol. The zero-order valence-corrected chi connectivity index (χ0v) is 10.2. The van der Waals surface area contributed by atoms with Crippen molar-refractivity contribution in [1.82, 2.24) is 4.98 Å². The van der Waals surface area contributed by atoms with E-state index in [1.807, 2.05) is 0 Å². The van der Waals surface area contributed by atoms with E-state index < -0.39 is 23.5 Å². The van der Waals surface area contributed by atoms with Crippen molar-refractivity contribution < 1.29 is 18.7 Å². The molecule has 0 aliphatic heterocycles. The zero-order valence-electron chi connectivity index (χ0n) is 9.35. The predicted molar refractivity (Wildman–Crippen MR) is 63.5 cm³/mol. The summed E-state index contributed by atoms with van der Waals surface area (Å²) in [4.78, 5) is 14.9.